The van der Waals surface area contributed by atoms with Gasteiger partial charge >= 0.3 is 0 Å². The van der Waals surface area contributed by atoms with Gasteiger partial charge in [-0.25, -0.2) is 9.67 Å². The molecule has 1 saturated heterocycles. The number of rotatable bonds is 4. The van der Waals surface area contributed by atoms with Crippen LogP contribution < -0.4 is 10.2 Å². The first kappa shape index (κ1) is 17.9. The van der Waals surface area contributed by atoms with Crippen molar-refractivity contribution in [1.82, 2.24) is 30.3 Å². The van der Waals surface area contributed by atoms with Gasteiger partial charge in [0.25, 0.3) is 0 Å². The maximum absolute atomic E-state index is 12.8. The number of hydrogen-bond donors (Lipinski definition) is 1. The Balaban J connectivity index is 1.38. The van der Waals surface area contributed by atoms with Gasteiger partial charge in [0.1, 0.15) is 12.7 Å². The van der Waals surface area contributed by atoms with Crippen LogP contribution in [0.2, 0.25) is 0 Å². The lowest BCUT2D eigenvalue weighted by Crippen LogP contribution is -2.48. The highest BCUT2D eigenvalue weighted by Crippen LogP contribution is 2.26. The third-order valence-corrected chi connectivity index (χ3v) is 5.85. The molecule has 0 aromatic carbocycles. The Morgan fingerprint density at radius 1 is 1.11 bits per heavy atom. The maximum Gasteiger partial charge on any atom is 0.225 e. The average Bonchev–Trinajstić information content (AvgIpc) is 3.25. The van der Waals surface area contributed by atoms with E-state index >= 15 is 0 Å². The van der Waals surface area contributed by atoms with Crippen LogP contribution in [0.5, 0.6) is 0 Å². The number of piperidine rings is 1. The van der Waals surface area contributed by atoms with Crippen molar-refractivity contribution in [1.29, 1.82) is 0 Å². The van der Waals surface area contributed by atoms with E-state index in [0.717, 1.165) is 31.6 Å². The van der Waals surface area contributed by atoms with E-state index in [1.165, 1.54) is 25.6 Å². The van der Waals surface area contributed by atoms with Crippen molar-refractivity contribution in [3.63, 3.8) is 0 Å². The van der Waals surface area contributed by atoms with Crippen molar-refractivity contribution in [2.45, 2.75) is 51.5 Å². The first-order valence-electron chi connectivity index (χ1n) is 9.95. The van der Waals surface area contributed by atoms with Crippen LogP contribution in [0.4, 0.5) is 5.82 Å². The molecule has 1 aliphatic carbocycles. The smallest absolute Gasteiger partial charge is 0.225 e. The van der Waals surface area contributed by atoms with Crippen LogP contribution in [0.25, 0.3) is 5.82 Å². The van der Waals surface area contributed by atoms with Gasteiger partial charge in [0.15, 0.2) is 11.6 Å². The monoisotopic (exact) mass is 369 g/mol. The molecule has 2 aromatic heterocycles. The minimum atomic E-state index is 0.0182. The predicted octanol–water partition coefficient (Wildman–Crippen LogP) is 1.97. The van der Waals surface area contributed by atoms with Gasteiger partial charge in [-0.05, 0) is 43.7 Å². The van der Waals surface area contributed by atoms with E-state index in [1.807, 2.05) is 12.1 Å². The Kier molecular flexibility index (Phi) is 5.31. The fourth-order valence-corrected chi connectivity index (χ4v) is 4.17. The van der Waals surface area contributed by atoms with Crippen LogP contribution in [-0.2, 0) is 4.79 Å². The third kappa shape index (κ3) is 4.09. The van der Waals surface area contributed by atoms with Crippen LogP contribution in [-0.4, -0.2) is 50.0 Å². The zero-order valence-electron chi connectivity index (χ0n) is 15.8. The second-order valence-corrected chi connectivity index (χ2v) is 7.75. The Morgan fingerprint density at radius 2 is 1.93 bits per heavy atom. The minimum Gasteiger partial charge on any atom is -0.354 e. The molecule has 8 heteroatoms. The van der Waals surface area contributed by atoms with Gasteiger partial charge in [0.05, 0.1) is 5.92 Å². The Hall–Kier alpha value is -2.51. The topological polar surface area (TPSA) is 88.8 Å². The standard InChI is InChI=1S/C19H27N7O/c1-14-5-2-3-7-16(14)22-19(27)15-6-4-10-25(11-15)17-8-9-18(24-23-17)26-13-20-12-21-26/h8-9,12-16H,2-7,10-11H2,1H3,(H,22,27). The second kappa shape index (κ2) is 8.02. The largest absolute Gasteiger partial charge is 0.354 e. The second-order valence-electron chi connectivity index (χ2n) is 7.75. The first-order chi connectivity index (χ1) is 13.2. The van der Waals surface area contributed by atoms with Crippen molar-refractivity contribution in [2.75, 3.05) is 18.0 Å². The zero-order valence-corrected chi connectivity index (χ0v) is 15.8. The molecule has 2 fully saturated rings. The molecule has 1 N–H and O–H groups in total. The van der Waals surface area contributed by atoms with Gasteiger partial charge < -0.3 is 10.2 Å². The summed E-state index contributed by atoms with van der Waals surface area (Å²) < 4.78 is 1.58. The molecule has 2 aromatic rings. The van der Waals surface area contributed by atoms with E-state index in [1.54, 1.807) is 11.0 Å². The van der Waals surface area contributed by atoms with Crippen molar-refractivity contribution < 1.29 is 4.79 Å². The van der Waals surface area contributed by atoms with E-state index in [4.69, 9.17) is 0 Å². The van der Waals surface area contributed by atoms with E-state index in [2.05, 4.69) is 37.4 Å². The minimum absolute atomic E-state index is 0.0182. The molecular formula is C19H27N7O. The van der Waals surface area contributed by atoms with Crippen LogP contribution in [0, 0.1) is 11.8 Å². The summed E-state index contributed by atoms with van der Waals surface area (Å²) in [7, 11) is 0. The zero-order chi connectivity index (χ0) is 18.6. The predicted molar refractivity (Wildman–Crippen MR) is 101 cm³/mol. The summed E-state index contributed by atoms with van der Waals surface area (Å²) in [5.74, 6) is 2.24. The molecule has 4 rings (SSSR count). The summed E-state index contributed by atoms with van der Waals surface area (Å²) in [5, 5.41) is 16.0. The van der Waals surface area contributed by atoms with E-state index in [-0.39, 0.29) is 11.8 Å². The molecular weight excluding hydrogens is 342 g/mol. The normalized spacial score (nSPS) is 26.0. The quantitative estimate of drug-likeness (QED) is 0.886. The van der Waals surface area contributed by atoms with Crippen molar-refractivity contribution in [3.05, 3.63) is 24.8 Å². The van der Waals surface area contributed by atoms with Crippen LogP contribution in [0.1, 0.15) is 45.4 Å². The summed E-state index contributed by atoms with van der Waals surface area (Å²) in [6, 6.07) is 4.15. The lowest BCUT2D eigenvalue weighted by Gasteiger charge is -2.35. The fraction of sp³-hybridized carbons (Fsp3) is 0.632. The summed E-state index contributed by atoms with van der Waals surface area (Å²) in [4.78, 5) is 18.9. The lowest BCUT2D eigenvalue weighted by molar-refractivity contribution is -0.126. The van der Waals surface area contributed by atoms with Crippen LogP contribution in [0.3, 0.4) is 0 Å². The molecule has 1 saturated carbocycles. The molecule has 1 aliphatic heterocycles. The third-order valence-electron chi connectivity index (χ3n) is 5.85. The summed E-state index contributed by atoms with van der Waals surface area (Å²) in [6.45, 7) is 3.86. The molecule has 0 spiro atoms. The summed E-state index contributed by atoms with van der Waals surface area (Å²) in [6.07, 6.45) is 9.83. The van der Waals surface area contributed by atoms with E-state index in [0.29, 0.717) is 24.3 Å². The molecule has 144 valence electrons. The number of nitrogens with zero attached hydrogens (tertiary/aromatic N) is 6. The van der Waals surface area contributed by atoms with Crippen molar-refractivity contribution >= 4 is 11.7 Å². The number of amides is 1. The van der Waals surface area contributed by atoms with Crippen molar-refractivity contribution in [2.24, 2.45) is 11.8 Å². The van der Waals surface area contributed by atoms with Gasteiger partial charge in [-0.3, -0.25) is 4.79 Å². The molecule has 8 nitrogen and oxygen atoms in total. The highest BCUT2D eigenvalue weighted by atomic mass is 16.2. The van der Waals surface area contributed by atoms with Gasteiger partial charge in [-0.1, -0.05) is 19.8 Å². The Morgan fingerprint density at radius 3 is 2.67 bits per heavy atom. The van der Waals surface area contributed by atoms with Gasteiger partial charge in [-0.2, -0.15) is 5.10 Å². The highest BCUT2D eigenvalue weighted by molar-refractivity contribution is 5.79. The van der Waals surface area contributed by atoms with E-state index in [9.17, 15) is 4.79 Å². The maximum atomic E-state index is 12.8. The molecule has 0 bridgehead atoms. The molecule has 1 amide bonds. The highest BCUT2D eigenvalue weighted by Gasteiger charge is 2.30. The van der Waals surface area contributed by atoms with Crippen LogP contribution >= 0.6 is 0 Å². The Bertz CT molecular complexity index is 746. The number of hydrogen-bond acceptors (Lipinski definition) is 6. The Labute approximate surface area is 159 Å². The van der Waals surface area contributed by atoms with Crippen LogP contribution in [0.15, 0.2) is 24.8 Å². The molecule has 2 aliphatic rings. The fourth-order valence-electron chi connectivity index (χ4n) is 4.17. The summed E-state index contributed by atoms with van der Waals surface area (Å²) in [5.41, 5.74) is 0. The number of carbonyl (C=O) groups excluding carboxylic acids is 1. The molecule has 0 radical (unpaired) electrons. The van der Waals surface area contributed by atoms with Gasteiger partial charge in [-0.15, -0.1) is 10.2 Å². The number of aromatic nitrogens is 5. The van der Waals surface area contributed by atoms with Gasteiger partial charge in [0, 0.05) is 19.1 Å². The number of carbonyl (C=O) groups is 1. The molecule has 27 heavy (non-hydrogen) atoms. The number of nitrogens with one attached hydrogen (secondary N) is 1. The SMILES string of the molecule is CC1CCCCC1NC(=O)C1CCCN(c2ccc(-n3cncn3)nn2)C1. The van der Waals surface area contributed by atoms with Gasteiger partial charge in [0.2, 0.25) is 5.91 Å². The number of anilines is 1. The van der Waals surface area contributed by atoms with E-state index < -0.39 is 0 Å². The molecule has 3 unspecified atom stereocenters. The molecule has 3 atom stereocenters. The average molecular weight is 369 g/mol. The first-order valence-corrected chi connectivity index (χ1v) is 9.95. The summed E-state index contributed by atoms with van der Waals surface area (Å²) >= 11 is 0. The van der Waals surface area contributed by atoms with Crippen molar-refractivity contribution in [3.8, 4) is 5.82 Å². The lowest BCUT2D eigenvalue weighted by atomic mass is 9.85. The molecule has 3 heterocycles.